The van der Waals surface area contributed by atoms with Gasteiger partial charge in [-0.2, -0.15) is 0 Å². The Hall–Kier alpha value is -3.07. The monoisotopic (exact) mass is 631 g/mol. The molecule has 3 aromatic carbocycles. The fourth-order valence-electron chi connectivity index (χ4n) is 4.50. The molecule has 0 bridgehead atoms. The Morgan fingerprint density at radius 2 is 1.45 bits per heavy atom. The van der Waals surface area contributed by atoms with E-state index in [1.807, 2.05) is 46.8 Å². The molecule has 0 heterocycles. The molecule has 226 valence electrons. The van der Waals surface area contributed by atoms with E-state index in [0.717, 1.165) is 9.87 Å². The summed E-state index contributed by atoms with van der Waals surface area (Å²) in [6.45, 7) is 10.8. The number of nitrogens with zero attached hydrogens (tertiary/aromatic N) is 2. The van der Waals surface area contributed by atoms with Crippen LogP contribution < -0.4 is 9.62 Å². The van der Waals surface area contributed by atoms with Crippen molar-refractivity contribution in [3.05, 3.63) is 94.0 Å². The van der Waals surface area contributed by atoms with E-state index >= 15 is 0 Å². The molecule has 42 heavy (non-hydrogen) atoms. The van der Waals surface area contributed by atoms with Crippen LogP contribution in [0.5, 0.6) is 0 Å². The first-order valence-corrected chi connectivity index (χ1v) is 16.1. The number of amides is 2. The predicted octanol–water partition coefficient (Wildman–Crippen LogP) is 7.03. The number of sulfonamides is 1. The molecule has 0 aromatic heterocycles. The molecule has 0 aliphatic carbocycles. The molecule has 10 heteroatoms. The Morgan fingerprint density at radius 3 is 1.95 bits per heavy atom. The average Bonchev–Trinajstić information content (AvgIpc) is 2.92. The third kappa shape index (κ3) is 8.27. The van der Waals surface area contributed by atoms with Gasteiger partial charge < -0.3 is 10.2 Å². The SMILES string of the molecule is CC[C@H](C(=O)NC(C)(C)C)N(Cc1c(Cl)cccc1Cl)C(=O)CN(c1ccc(C(C)C)cc1)S(=O)(=O)c1ccccc1. The van der Waals surface area contributed by atoms with Gasteiger partial charge in [-0.25, -0.2) is 8.42 Å². The molecule has 1 atom stereocenters. The van der Waals surface area contributed by atoms with Gasteiger partial charge in [0.2, 0.25) is 11.8 Å². The number of anilines is 1. The minimum absolute atomic E-state index is 0.0453. The highest BCUT2D eigenvalue weighted by molar-refractivity contribution is 7.92. The van der Waals surface area contributed by atoms with Gasteiger partial charge in [0, 0.05) is 27.7 Å². The van der Waals surface area contributed by atoms with Crippen molar-refractivity contribution in [1.29, 1.82) is 0 Å². The highest BCUT2D eigenvalue weighted by Crippen LogP contribution is 2.29. The van der Waals surface area contributed by atoms with Gasteiger partial charge in [-0.15, -0.1) is 0 Å². The number of hydrogen-bond acceptors (Lipinski definition) is 4. The Balaban J connectivity index is 2.11. The van der Waals surface area contributed by atoms with Crippen LogP contribution in [0.4, 0.5) is 5.69 Å². The third-order valence-electron chi connectivity index (χ3n) is 6.73. The Kier molecular flexibility index (Phi) is 11.1. The van der Waals surface area contributed by atoms with E-state index < -0.39 is 34.1 Å². The molecular formula is C32H39Cl2N3O4S. The topological polar surface area (TPSA) is 86.8 Å². The fraction of sp³-hybridized carbons (Fsp3) is 0.375. The summed E-state index contributed by atoms with van der Waals surface area (Å²) in [6, 6.07) is 19.2. The van der Waals surface area contributed by atoms with Crippen LogP contribution in [0.1, 0.15) is 65.0 Å². The van der Waals surface area contributed by atoms with Crippen molar-refractivity contribution in [2.24, 2.45) is 0 Å². The number of rotatable bonds is 11. The summed E-state index contributed by atoms with van der Waals surface area (Å²) in [5.41, 5.74) is 1.28. The van der Waals surface area contributed by atoms with E-state index in [0.29, 0.717) is 21.3 Å². The normalized spacial score (nSPS) is 12.6. The maximum atomic E-state index is 14.2. The van der Waals surface area contributed by atoms with Gasteiger partial charge in [-0.1, -0.05) is 80.4 Å². The first-order chi connectivity index (χ1) is 19.7. The zero-order valence-corrected chi connectivity index (χ0v) is 27.2. The van der Waals surface area contributed by atoms with Crippen molar-refractivity contribution in [2.75, 3.05) is 10.8 Å². The molecule has 0 saturated heterocycles. The molecule has 0 aliphatic rings. The van der Waals surface area contributed by atoms with Gasteiger partial charge in [-0.3, -0.25) is 13.9 Å². The second-order valence-corrected chi connectivity index (χ2v) is 14.1. The lowest BCUT2D eigenvalue weighted by molar-refractivity contribution is -0.141. The van der Waals surface area contributed by atoms with E-state index in [1.54, 1.807) is 55.5 Å². The molecule has 3 rings (SSSR count). The van der Waals surface area contributed by atoms with Crippen LogP contribution in [0.2, 0.25) is 10.0 Å². The Bertz CT molecular complexity index is 1470. The van der Waals surface area contributed by atoms with E-state index in [4.69, 9.17) is 23.2 Å². The summed E-state index contributed by atoms with van der Waals surface area (Å²) in [5, 5.41) is 3.62. The second-order valence-electron chi connectivity index (χ2n) is 11.5. The summed E-state index contributed by atoms with van der Waals surface area (Å²) in [7, 11) is -4.15. The standard InChI is InChI=1S/C32H39Cl2N3O4S/c1-7-29(31(39)35-32(4,5)6)36(20-26-27(33)14-11-15-28(26)34)30(38)21-37(24-18-16-23(17-19-24)22(2)3)42(40,41)25-12-9-8-10-13-25/h8-19,22,29H,7,20-21H2,1-6H3,(H,35,39)/t29-/m1/s1. The van der Waals surface area contributed by atoms with Crippen LogP contribution in [0, 0.1) is 0 Å². The number of carbonyl (C=O) groups excluding carboxylic acids is 2. The predicted molar refractivity (Wildman–Crippen MR) is 170 cm³/mol. The van der Waals surface area contributed by atoms with Crippen LogP contribution in [-0.2, 0) is 26.2 Å². The summed E-state index contributed by atoms with van der Waals surface area (Å²) < 4.78 is 29.0. The molecule has 0 saturated carbocycles. The summed E-state index contributed by atoms with van der Waals surface area (Å²) in [6.07, 6.45) is 0.282. The van der Waals surface area contributed by atoms with E-state index in [2.05, 4.69) is 5.32 Å². The quantitative estimate of drug-likeness (QED) is 0.246. The largest absolute Gasteiger partial charge is 0.350 e. The minimum Gasteiger partial charge on any atom is -0.350 e. The van der Waals surface area contributed by atoms with Gasteiger partial charge >= 0.3 is 0 Å². The maximum Gasteiger partial charge on any atom is 0.264 e. The van der Waals surface area contributed by atoms with Crippen LogP contribution in [0.3, 0.4) is 0 Å². The molecule has 0 aliphatic heterocycles. The fourth-order valence-corrected chi connectivity index (χ4v) is 6.45. The molecule has 2 amide bonds. The highest BCUT2D eigenvalue weighted by Gasteiger charge is 2.35. The molecular weight excluding hydrogens is 593 g/mol. The molecule has 3 aromatic rings. The summed E-state index contributed by atoms with van der Waals surface area (Å²) in [5.74, 6) is -0.697. The number of hydrogen-bond donors (Lipinski definition) is 1. The highest BCUT2D eigenvalue weighted by atomic mass is 35.5. The lowest BCUT2D eigenvalue weighted by Crippen LogP contribution is -2.55. The van der Waals surface area contributed by atoms with Crippen molar-refractivity contribution in [3.8, 4) is 0 Å². The van der Waals surface area contributed by atoms with Crippen LogP contribution in [-0.4, -0.2) is 43.3 Å². The van der Waals surface area contributed by atoms with Crippen molar-refractivity contribution in [3.63, 3.8) is 0 Å². The third-order valence-corrected chi connectivity index (χ3v) is 9.23. The van der Waals surface area contributed by atoms with Gasteiger partial charge in [0.25, 0.3) is 10.0 Å². The smallest absolute Gasteiger partial charge is 0.264 e. The number of carbonyl (C=O) groups is 2. The van der Waals surface area contributed by atoms with Gasteiger partial charge in [0.15, 0.2) is 0 Å². The number of benzene rings is 3. The van der Waals surface area contributed by atoms with E-state index in [9.17, 15) is 18.0 Å². The average molecular weight is 633 g/mol. The summed E-state index contributed by atoms with van der Waals surface area (Å²) >= 11 is 13.0. The lowest BCUT2D eigenvalue weighted by Gasteiger charge is -2.35. The van der Waals surface area contributed by atoms with Gasteiger partial charge in [-0.05, 0) is 75.1 Å². The Morgan fingerprint density at radius 1 is 0.881 bits per heavy atom. The van der Waals surface area contributed by atoms with Crippen LogP contribution >= 0.6 is 23.2 Å². The first kappa shape index (κ1) is 33.4. The van der Waals surface area contributed by atoms with Crippen LogP contribution in [0.25, 0.3) is 0 Å². The van der Waals surface area contributed by atoms with Gasteiger partial charge in [0.05, 0.1) is 10.6 Å². The minimum atomic E-state index is -4.15. The molecule has 0 unspecified atom stereocenters. The zero-order chi connectivity index (χ0) is 31.2. The summed E-state index contributed by atoms with van der Waals surface area (Å²) in [4.78, 5) is 29.1. The van der Waals surface area contributed by atoms with Crippen molar-refractivity contribution in [1.82, 2.24) is 10.2 Å². The zero-order valence-electron chi connectivity index (χ0n) is 24.9. The molecule has 0 fully saturated rings. The molecule has 0 radical (unpaired) electrons. The van der Waals surface area contributed by atoms with Crippen molar-refractivity contribution >= 4 is 50.7 Å². The van der Waals surface area contributed by atoms with Crippen molar-refractivity contribution in [2.45, 2.75) is 76.9 Å². The lowest BCUT2D eigenvalue weighted by atomic mass is 10.0. The first-order valence-electron chi connectivity index (χ1n) is 13.9. The van der Waals surface area contributed by atoms with Crippen LogP contribution in [0.15, 0.2) is 77.7 Å². The van der Waals surface area contributed by atoms with Gasteiger partial charge in [0.1, 0.15) is 12.6 Å². The second kappa shape index (κ2) is 13.9. The molecule has 0 spiro atoms. The Labute approximate surface area is 259 Å². The number of nitrogens with one attached hydrogen (secondary N) is 1. The maximum absolute atomic E-state index is 14.2. The van der Waals surface area contributed by atoms with E-state index in [-0.39, 0.29) is 29.7 Å². The van der Waals surface area contributed by atoms with E-state index in [1.165, 1.54) is 17.0 Å². The number of halogens is 2. The molecule has 7 nitrogen and oxygen atoms in total. The molecule has 1 N–H and O–H groups in total. The van der Waals surface area contributed by atoms with Crippen molar-refractivity contribution < 1.29 is 18.0 Å².